The molecule has 0 saturated carbocycles. The highest BCUT2D eigenvalue weighted by atomic mass is 16.5. The number of hydrogen-bond acceptors (Lipinski definition) is 5. The zero-order chi connectivity index (χ0) is 13.0. The van der Waals surface area contributed by atoms with Crippen molar-refractivity contribution in [2.24, 2.45) is 0 Å². The van der Waals surface area contributed by atoms with Gasteiger partial charge in [-0.1, -0.05) is 6.07 Å². The van der Waals surface area contributed by atoms with Crippen LogP contribution in [0.5, 0.6) is 0 Å². The van der Waals surface area contributed by atoms with Gasteiger partial charge in [0.15, 0.2) is 0 Å². The third-order valence-electron chi connectivity index (χ3n) is 3.34. The van der Waals surface area contributed by atoms with Gasteiger partial charge in [-0.15, -0.1) is 0 Å². The molecular formula is C13H21N3O2. The van der Waals surface area contributed by atoms with Crippen LogP contribution in [0.1, 0.15) is 20.3 Å². The fourth-order valence-electron chi connectivity index (χ4n) is 2.06. The quantitative estimate of drug-likeness (QED) is 0.739. The number of hydrogen-bond donors (Lipinski definition) is 3. The van der Waals surface area contributed by atoms with E-state index in [1.807, 2.05) is 32.0 Å². The molecule has 1 saturated heterocycles. The number of aromatic nitrogens is 1. The van der Waals surface area contributed by atoms with Gasteiger partial charge in [0.25, 0.3) is 0 Å². The number of pyridine rings is 1. The van der Waals surface area contributed by atoms with E-state index < -0.39 is 5.60 Å². The molecule has 1 fully saturated rings. The molecule has 0 spiro atoms. The molecule has 2 heterocycles. The molecule has 5 heteroatoms. The van der Waals surface area contributed by atoms with Gasteiger partial charge in [-0.2, -0.15) is 0 Å². The summed E-state index contributed by atoms with van der Waals surface area (Å²) < 4.78 is 5.40. The second kappa shape index (κ2) is 5.54. The molecule has 0 radical (unpaired) electrons. The lowest BCUT2D eigenvalue weighted by atomic mass is 9.97. The number of aliphatic hydroxyl groups is 1. The van der Waals surface area contributed by atoms with Crippen LogP contribution in [0.4, 0.5) is 11.6 Å². The predicted molar refractivity (Wildman–Crippen MR) is 71.9 cm³/mol. The highest BCUT2D eigenvalue weighted by molar-refractivity contribution is 5.45. The summed E-state index contributed by atoms with van der Waals surface area (Å²) in [5.41, 5.74) is -0.796. The van der Waals surface area contributed by atoms with Crippen LogP contribution in [0, 0.1) is 0 Å². The van der Waals surface area contributed by atoms with E-state index >= 15 is 0 Å². The topological polar surface area (TPSA) is 66.4 Å². The van der Waals surface area contributed by atoms with Gasteiger partial charge in [-0.05, 0) is 26.0 Å². The van der Waals surface area contributed by atoms with Crippen LogP contribution in [0.15, 0.2) is 18.2 Å². The molecule has 1 aliphatic rings. The van der Waals surface area contributed by atoms with E-state index in [4.69, 9.17) is 4.74 Å². The molecule has 0 bridgehead atoms. The standard InChI is InChI=1S/C13H21N3O2/c1-3-14-11-5-4-6-12(16-11)15-9-13(17)7-8-18-10(13)2/h4-6,10,17H,3,7-9H2,1-2H3,(H2,14,15,16). The molecular weight excluding hydrogens is 230 g/mol. The van der Waals surface area contributed by atoms with Crippen molar-refractivity contribution < 1.29 is 9.84 Å². The van der Waals surface area contributed by atoms with Crippen molar-refractivity contribution in [2.45, 2.75) is 32.0 Å². The van der Waals surface area contributed by atoms with Crippen molar-refractivity contribution in [3.63, 3.8) is 0 Å². The van der Waals surface area contributed by atoms with E-state index in [-0.39, 0.29) is 6.10 Å². The Morgan fingerprint density at radius 1 is 1.44 bits per heavy atom. The van der Waals surface area contributed by atoms with Gasteiger partial charge in [0.2, 0.25) is 0 Å². The minimum absolute atomic E-state index is 0.137. The molecule has 1 aliphatic heterocycles. The Morgan fingerprint density at radius 3 is 2.78 bits per heavy atom. The molecule has 5 nitrogen and oxygen atoms in total. The first-order valence-electron chi connectivity index (χ1n) is 6.43. The van der Waals surface area contributed by atoms with Gasteiger partial charge in [0, 0.05) is 26.1 Å². The second-order valence-corrected chi connectivity index (χ2v) is 4.66. The molecule has 3 N–H and O–H groups in total. The van der Waals surface area contributed by atoms with Gasteiger partial charge < -0.3 is 20.5 Å². The van der Waals surface area contributed by atoms with E-state index in [9.17, 15) is 5.11 Å². The van der Waals surface area contributed by atoms with E-state index in [1.54, 1.807) is 0 Å². The van der Waals surface area contributed by atoms with Crippen LogP contribution in [-0.4, -0.2) is 41.5 Å². The first-order valence-corrected chi connectivity index (χ1v) is 6.43. The normalized spacial score (nSPS) is 27.2. The minimum atomic E-state index is -0.796. The number of nitrogens with zero attached hydrogens (tertiary/aromatic N) is 1. The monoisotopic (exact) mass is 251 g/mol. The van der Waals surface area contributed by atoms with Gasteiger partial charge in [0.05, 0.1) is 6.10 Å². The molecule has 2 rings (SSSR count). The lowest BCUT2D eigenvalue weighted by Gasteiger charge is -2.26. The van der Waals surface area contributed by atoms with Crippen LogP contribution < -0.4 is 10.6 Å². The van der Waals surface area contributed by atoms with E-state index in [0.29, 0.717) is 19.6 Å². The maximum atomic E-state index is 10.4. The smallest absolute Gasteiger partial charge is 0.128 e. The zero-order valence-corrected chi connectivity index (χ0v) is 10.9. The largest absolute Gasteiger partial charge is 0.385 e. The van der Waals surface area contributed by atoms with Crippen molar-refractivity contribution in [3.05, 3.63) is 18.2 Å². The van der Waals surface area contributed by atoms with Gasteiger partial charge in [0.1, 0.15) is 17.2 Å². The highest BCUT2D eigenvalue weighted by Crippen LogP contribution is 2.25. The number of anilines is 2. The summed E-state index contributed by atoms with van der Waals surface area (Å²) in [6.45, 7) is 5.84. The first kappa shape index (κ1) is 13.1. The number of nitrogens with one attached hydrogen (secondary N) is 2. The molecule has 100 valence electrons. The van der Waals surface area contributed by atoms with Crippen LogP contribution in [0.2, 0.25) is 0 Å². The Hall–Kier alpha value is -1.33. The Bertz CT molecular complexity index is 400. The number of ether oxygens (including phenoxy) is 1. The van der Waals surface area contributed by atoms with Crippen molar-refractivity contribution in [1.29, 1.82) is 0 Å². The van der Waals surface area contributed by atoms with Crippen molar-refractivity contribution in [2.75, 3.05) is 30.3 Å². The van der Waals surface area contributed by atoms with Crippen molar-refractivity contribution in [3.8, 4) is 0 Å². The van der Waals surface area contributed by atoms with Crippen molar-refractivity contribution >= 4 is 11.6 Å². The van der Waals surface area contributed by atoms with E-state index in [1.165, 1.54) is 0 Å². The molecule has 2 atom stereocenters. The highest BCUT2D eigenvalue weighted by Gasteiger charge is 2.39. The maximum Gasteiger partial charge on any atom is 0.128 e. The summed E-state index contributed by atoms with van der Waals surface area (Å²) in [4.78, 5) is 4.41. The molecule has 0 aromatic carbocycles. The summed E-state index contributed by atoms with van der Waals surface area (Å²) in [6, 6.07) is 5.75. The fourth-order valence-corrected chi connectivity index (χ4v) is 2.06. The lowest BCUT2D eigenvalue weighted by molar-refractivity contribution is -0.0176. The van der Waals surface area contributed by atoms with Gasteiger partial charge >= 0.3 is 0 Å². The Labute approximate surface area is 108 Å². The summed E-state index contributed by atoms with van der Waals surface area (Å²) in [6.07, 6.45) is 0.524. The van der Waals surface area contributed by atoms with E-state index in [0.717, 1.165) is 18.2 Å². The Morgan fingerprint density at radius 2 is 2.17 bits per heavy atom. The third kappa shape index (κ3) is 2.91. The average Bonchev–Trinajstić information content (AvgIpc) is 2.69. The van der Waals surface area contributed by atoms with E-state index in [2.05, 4.69) is 15.6 Å². The minimum Gasteiger partial charge on any atom is -0.385 e. The summed E-state index contributed by atoms with van der Waals surface area (Å²) in [5.74, 6) is 1.60. The Balaban J connectivity index is 1.95. The summed E-state index contributed by atoms with van der Waals surface area (Å²) >= 11 is 0. The summed E-state index contributed by atoms with van der Waals surface area (Å²) in [7, 11) is 0. The fraction of sp³-hybridized carbons (Fsp3) is 0.615. The van der Waals surface area contributed by atoms with Crippen molar-refractivity contribution in [1.82, 2.24) is 4.98 Å². The Kier molecular flexibility index (Phi) is 4.04. The molecule has 2 unspecified atom stereocenters. The molecule has 1 aromatic heterocycles. The van der Waals surface area contributed by atoms with Crippen LogP contribution in [-0.2, 0) is 4.74 Å². The van der Waals surface area contributed by atoms with Gasteiger partial charge in [-0.25, -0.2) is 4.98 Å². The molecule has 1 aromatic rings. The second-order valence-electron chi connectivity index (χ2n) is 4.66. The summed E-state index contributed by atoms with van der Waals surface area (Å²) in [5, 5.41) is 16.7. The van der Waals surface area contributed by atoms with Crippen LogP contribution in [0.3, 0.4) is 0 Å². The molecule has 0 aliphatic carbocycles. The van der Waals surface area contributed by atoms with Crippen LogP contribution >= 0.6 is 0 Å². The first-order chi connectivity index (χ1) is 8.64. The lowest BCUT2D eigenvalue weighted by Crippen LogP contribution is -2.43. The zero-order valence-electron chi connectivity index (χ0n) is 10.9. The SMILES string of the molecule is CCNc1cccc(NCC2(O)CCOC2C)n1. The molecule has 18 heavy (non-hydrogen) atoms. The van der Waals surface area contributed by atoms with Gasteiger partial charge in [-0.3, -0.25) is 0 Å². The number of rotatable bonds is 5. The maximum absolute atomic E-state index is 10.4. The molecule has 0 amide bonds. The average molecular weight is 251 g/mol. The van der Waals surface area contributed by atoms with Crippen LogP contribution in [0.25, 0.3) is 0 Å². The third-order valence-corrected chi connectivity index (χ3v) is 3.34. The predicted octanol–water partition coefficient (Wildman–Crippen LogP) is 1.47.